The molecular formula is C9H7ClFNO2S. The molecule has 0 aromatic heterocycles. The number of hydrogen-bond acceptors (Lipinski definition) is 3. The van der Waals surface area contributed by atoms with Crippen LogP contribution in [0.25, 0.3) is 6.08 Å². The molecule has 0 saturated heterocycles. The Morgan fingerprint density at radius 3 is 2.80 bits per heavy atom. The van der Waals surface area contributed by atoms with E-state index < -0.39 is 16.4 Å². The quantitative estimate of drug-likeness (QED) is 0.506. The molecule has 0 N–H and O–H groups in total. The van der Waals surface area contributed by atoms with E-state index in [4.69, 9.17) is 11.6 Å². The summed E-state index contributed by atoms with van der Waals surface area (Å²) >= 11 is 9.67. The van der Waals surface area contributed by atoms with Gasteiger partial charge in [0.2, 0.25) is 5.82 Å². The van der Waals surface area contributed by atoms with Gasteiger partial charge in [0.05, 0.1) is 9.95 Å². The summed E-state index contributed by atoms with van der Waals surface area (Å²) in [5.74, 6) is -0.419. The lowest BCUT2D eigenvalue weighted by molar-refractivity contribution is -0.387. The molecule has 0 radical (unpaired) electrons. The number of halogens is 2. The van der Waals surface area contributed by atoms with Gasteiger partial charge in [-0.3, -0.25) is 10.1 Å². The van der Waals surface area contributed by atoms with Gasteiger partial charge in [0, 0.05) is 11.8 Å². The van der Waals surface area contributed by atoms with Gasteiger partial charge >= 0.3 is 5.69 Å². The minimum Gasteiger partial charge on any atom is -0.258 e. The Kier molecular flexibility index (Phi) is 4.11. The highest BCUT2D eigenvalue weighted by atomic mass is 35.5. The van der Waals surface area contributed by atoms with E-state index >= 15 is 0 Å². The van der Waals surface area contributed by atoms with Crippen LogP contribution in [0.15, 0.2) is 18.2 Å². The summed E-state index contributed by atoms with van der Waals surface area (Å²) < 4.78 is 13.2. The summed E-state index contributed by atoms with van der Waals surface area (Å²) in [5, 5.41) is 10.5. The monoisotopic (exact) mass is 247 g/mol. The molecule has 0 unspecified atom stereocenters. The van der Waals surface area contributed by atoms with E-state index in [0.717, 1.165) is 12.1 Å². The second-order valence-electron chi connectivity index (χ2n) is 2.67. The molecule has 15 heavy (non-hydrogen) atoms. The largest absolute Gasteiger partial charge is 0.306 e. The molecule has 80 valence electrons. The minimum atomic E-state index is -0.900. The third kappa shape index (κ3) is 2.94. The predicted molar refractivity (Wildman–Crippen MR) is 61.0 cm³/mol. The molecular weight excluding hydrogens is 241 g/mol. The second kappa shape index (κ2) is 5.14. The topological polar surface area (TPSA) is 43.1 Å². The summed E-state index contributed by atoms with van der Waals surface area (Å²) in [6, 6.07) is 2.02. The van der Waals surface area contributed by atoms with Gasteiger partial charge in [0.25, 0.3) is 0 Å². The van der Waals surface area contributed by atoms with Crippen LogP contribution in [-0.2, 0) is 0 Å². The fraction of sp³-hybridized carbons (Fsp3) is 0.111. The Morgan fingerprint density at radius 1 is 1.60 bits per heavy atom. The average Bonchev–Trinajstić information content (AvgIpc) is 2.18. The molecule has 1 aromatic rings. The van der Waals surface area contributed by atoms with Crippen LogP contribution in [0.4, 0.5) is 10.1 Å². The van der Waals surface area contributed by atoms with Gasteiger partial charge in [-0.15, -0.1) is 0 Å². The number of hydrogen-bond donors (Lipinski definition) is 1. The molecule has 0 atom stereocenters. The summed E-state index contributed by atoms with van der Waals surface area (Å²) in [7, 11) is 0. The van der Waals surface area contributed by atoms with Gasteiger partial charge in [-0.1, -0.05) is 23.8 Å². The smallest absolute Gasteiger partial charge is 0.258 e. The molecule has 6 heteroatoms. The van der Waals surface area contributed by atoms with E-state index in [1.165, 1.54) is 0 Å². The first-order valence-electron chi connectivity index (χ1n) is 3.97. The van der Waals surface area contributed by atoms with Crippen LogP contribution < -0.4 is 0 Å². The van der Waals surface area contributed by atoms with E-state index in [1.54, 1.807) is 12.2 Å². The van der Waals surface area contributed by atoms with E-state index in [0.29, 0.717) is 11.3 Å². The first-order chi connectivity index (χ1) is 7.06. The molecule has 0 bridgehead atoms. The maximum Gasteiger partial charge on any atom is 0.306 e. The SMILES string of the molecule is O=[N+]([O-])c1cc(Cl)c(C=CCS)cc1F. The lowest BCUT2D eigenvalue weighted by atomic mass is 10.2. The minimum absolute atomic E-state index is 0.140. The zero-order valence-electron chi connectivity index (χ0n) is 7.48. The van der Waals surface area contributed by atoms with Crippen molar-refractivity contribution in [1.82, 2.24) is 0 Å². The number of rotatable bonds is 3. The lowest BCUT2D eigenvalue weighted by Gasteiger charge is -1.99. The Bertz CT molecular complexity index is 423. The van der Waals surface area contributed by atoms with Crippen LogP contribution in [-0.4, -0.2) is 10.7 Å². The summed E-state index contributed by atoms with van der Waals surface area (Å²) in [5.41, 5.74) is -0.225. The number of nitro groups is 1. The van der Waals surface area contributed by atoms with Crippen molar-refractivity contribution >= 4 is 36.0 Å². The van der Waals surface area contributed by atoms with Gasteiger partial charge in [-0.05, 0) is 11.6 Å². The molecule has 0 saturated carbocycles. The van der Waals surface area contributed by atoms with Crippen LogP contribution in [0.3, 0.4) is 0 Å². The van der Waals surface area contributed by atoms with Crippen LogP contribution in [0.5, 0.6) is 0 Å². The molecule has 1 rings (SSSR count). The normalized spacial score (nSPS) is 10.9. The van der Waals surface area contributed by atoms with E-state index in [1.807, 2.05) is 0 Å². The zero-order valence-corrected chi connectivity index (χ0v) is 9.13. The Balaban J connectivity index is 3.19. The van der Waals surface area contributed by atoms with Gasteiger partial charge < -0.3 is 0 Å². The summed E-state index contributed by atoms with van der Waals surface area (Å²) in [4.78, 5) is 9.56. The molecule has 0 heterocycles. The molecule has 0 fully saturated rings. The standard InChI is InChI=1S/C9H7ClFNO2S/c10-7-5-9(12(13)14)8(11)4-6(7)2-1-3-15/h1-2,4-5,15H,3H2. The number of thiol groups is 1. The maximum absolute atomic E-state index is 13.2. The Morgan fingerprint density at radius 2 is 2.27 bits per heavy atom. The fourth-order valence-electron chi connectivity index (χ4n) is 0.999. The second-order valence-corrected chi connectivity index (χ2v) is 3.44. The van der Waals surface area contributed by atoms with Crippen molar-refractivity contribution < 1.29 is 9.31 Å². The third-order valence-corrected chi connectivity index (χ3v) is 2.20. The van der Waals surface area contributed by atoms with Crippen LogP contribution in [0, 0.1) is 15.9 Å². The molecule has 0 aliphatic carbocycles. The third-order valence-electron chi connectivity index (χ3n) is 1.67. The Labute approximate surface area is 96.1 Å². The summed E-state index contributed by atoms with van der Waals surface area (Å²) in [6.45, 7) is 0. The first kappa shape index (κ1) is 12.0. The van der Waals surface area contributed by atoms with E-state index in [-0.39, 0.29) is 5.02 Å². The van der Waals surface area contributed by atoms with Gasteiger partial charge in [0.15, 0.2) is 0 Å². The van der Waals surface area contributed by atoms with E-state index in [2.05, 4.69) is 12.6 Å². The number of benzene rings is 1. The molecule has 0 spiro atoms. The fourth-order valence-corrected chi connectivity index (χ4v) is 1.33. The molecule has 1 aromatic carbocycles. The highest BCUT2D eigenvalue weighted by Crippen LogP contribution is 2.26. The molecule has 0 aliphatic rings. The summed E-state index contributed by atoms with van der Waals surface area (Å²) in [6.07, 6.45) is 3.22. The van der Waals surface area contributed by atoms with Crippen molar-refractivity contribution in [2.24, 2.45) is 0 Å². The lowest BCUT2D eigenvalue weighted by Crippen LogP contribution is -1.93. The van der Waals surface area contributed by atoms with Crippen molar-refractivity contribution in [2.45, 2.75) is 0 Å². The zero-order chi connectivity index (χ0) is 11.4. The van der Waals surface area contributed by atoms with Crippen molar-refractivity contribution in [3.8, 4) is 0 Å². The van der Waals surface area contributed by atoms with Gasteiger partial charge in [-0.2, -0.15) is 17.0 Å². The van der Waals surface area contributed by atoms with Gasteiger partial charge in [0.1, 0.15) is 0 Å². The highest BCUT2D eigenvalue weighted by Gasteiger charge is 2.16. The number of nitrogens with zero attached hydrogens (tertiary/aromatic N) is 1. The van der Waals surface area contributed by atoms with Crippen LogP contribution >= 0.6 is 24.2 Å². The molecule has 0 amide bonds. The predicted octanol–water partition coefficient (Wildman–Crippen LogP) is 3.33. The Hall–Kier alpha value is -1.07. The van der Waals surface area contributed by atoms with Gasteiger partial charge in [-0.25, -0.2) is 0 Å². The van der Waals surface area contributed by atoms with Crippen molar-refractivity contribution in [3.63, 3.8) is 0 Å². The van der Waals surface area contributed by atoms with Crippen molar-refractivity contribution in [1.29, 1.82) is 0 Å². The number of nitro benzene ring substituents is 1. The van der Waals surface area contributed by atoms with Crippen LogP contribution in [0.1, 0.15) is 5.56 Å². The van der Waals surface area contributed by atoms with Crippen molar-refractivity contribution in [3.05, 3.63) is 44.7 Å². The van der Waals surface area contributed by atoms with Crippen LogP contribution in [0.2, 0.25) is 5.02 Å². The maximum atomic E-state index is 13.2. The van der Waals surface area contributed by atoms with Crippen molar-refractivity contribution in [2.75, 3.05) is 5.75 Å². The van der Waals surface area contributed by atoms with E-state index in [9.17, 15) is 14.5 Å². The highest BCUT2D eigenvalue weighted by molar-refractivity contribution is 7.80. The first-order valence-corrected chi connectivity index (χ1v) is 4.98. The average molecular weight is 248 g/mol. The molecule has 3 nitrogen and oxygen atoms in total. The molecule has 0 aliphatic heterocycles.